The number of hydrogen-bond acceptors (Lipinski definition) is 0. The van der Waals surface area contributed by atoms with Crippen LogP contribution in [-0.2, 0) is 0 Å². The molecule has 0 aromatic heterocycles. The largest absolute Gasteiger partial charge is 0.0616 e. The molecule has 2 bridgehead atoms. The molecule has 2 aromatic rings. The van der Waals surface area contributed by atoms with Gasteiger partial charge in [-0.25, -0.2) is 0 Å². The van der Waals surface area contributed by atoms with E-state index in [0.29, 0.717) is 16.7 Å². The molecule has 0 nitrogen and oxygen atoms in total. The molecule has 0 heteroatoms. The Morgan fingerprint density at radius 2 is 1.70 bits per heavy atom. The van der Waals surface area contributed by atoms with Crippen molar-refractivity contribution in [3.63, 3.8) is 0 Å². The van der Waals surface area contributed by atoms with E-state index in [1.807, 2.05) is 0 Å². The van der Waals surface area contributed by atoms with E-state index < -0.39 is 0 Å². The summed E-state index contributed by atoms with van der Waals surface area (Å²) in [4.78, 5) is 0. The minimum Gasteiger partial charge on any atom is -0.0616 e. The Morgan fingerprint density at radius 3 is 2.40 bits per heavy atom. The SMILES string of the molecule is CC1(C)C2[CH]C(c3cccc4ccccc34)[C@@]1(C)CC2. The molecule has 0 heterocycles. The molecule has 0 amide bonds. The Labute approximate surface area is 122 Å². The Hall–Kier alpha value is -1.30. The summed E-state index contributed by atoms with van der Waals surface area (Å²) in [6.07, 6.45) is 5.41. The maximum absolute atomic E-state index is 2.66. The van der Waals surface area contributed by atoms with Crippen LogP contribution in [0.4, 0.5) is 0 Å². The summed E-state index contributed by atoms with van der Waals surface area (Å²) in [6, 6.07) is 15.7. The fourth-order valence-electron chi connectivity index (χ4n) is 4.87. The molecule has 1 radical (unpaired) electrons. The van der Waals surface area contributed by atoms with Gasteiger partial charge < -0.3 is 0 Å². The number of rotatable bonds is 1. The molecule has 2 aliphatic carbocycles. The first-order chi connectivity index (χ1) is 9.54. The highest BCUT2D eigenvalue weighted by Gasteiger charge is 2.61. The minimum absolute atomic E-state index is 0.418. The van der Waals surface area contributed by atoms with E-state index in [-0.39, 0.29) is 0 Å². The molecule has 2 unspecified atom stereocenters. The zero-order valence-corrected chi connectivity index (χ0v) is 12.7. The van der Waals surface area contributed by atoms with Crippen LogP contribution in [0.25, 0.3) is 10.8 Å². The van der Waals surface area contributed by atoms with Crippen molar-refractivity contribution in [1.82, 2.24) is 0 Å². The van der Waals surface area contributed by atoms with Crippen molar-refractivity contribution < 1.29 is 0 Å². The molecule has 2 fully saturated rings. The van der Waals surface area contributed by atoms with E-state index in [2.05, 4.69) is 69.7 Å². The van der Waals surface area contributed by atoms with Gasteiger partial charge in [-0.2, -0.15) is 0 Å². The van der Waals surface area contributed by atoms with Gasteiger partial charge in [0, 0.05) is 0 Å². The molecular weight excluding hydrogens is 240 g/mol. The van der Waals surface area contributed by atoms with E-state index >= 15 is 0 Å². The summed E-state index contributed by atoms with van der Waals surface area (Å²) >= 11 is 0. The van der Waals surface area contributed by atoms with Gasteiger partial charge in [0.1, 0.15) is 0 Å². The summed E-state index contributed by atoms with van der Waals surface area (Å²) in [5, 5.41) is 2.82. The van der Waals surface area contributed by atoms with Crippen LogP contribution in [0.5, 0.6) is 0 Å². The van der Waals surface area contributed by atoms with Crippen molar-refractivity contribution in [3.8, 4) is 0 Å². The van der Waals surface area contributed by atoms with Crippen LogP contribution in [0.2, 0.25) is 0 Å². The summed E-state index contributed by atoms with van der Waals surface area (Å²) in [7, 11) is 0. The average molecular weight is 263 g/mol. The summed E-state index contributed by atoms with van der Waals surface area (Å²) in [6.45, 7) is 7.47. The zero-order valence-electron chi connectivity index (χ0n) is 12.7. The molecule has 2 aliphatic rings. The summed E-state index contributed by atoms with van der Waals surface area (Å²) in [5.74, 6) is 1.40. The van der Waals surface area contributed by atoms with E-state index in [1.165, 1.54) is 23.6 Å². The molecule has 0 saturated heterocycles. The van der Waals surface area contributed by atoms with Crippen LogP contribution in [0.15, 0.2) is 42.5 Å². The lowest BCUT2D eigenvalue weighted by molar-refractivity contribution is 0.135. The van der Waals surface area contributed by atoms with Gasteiger partial charge in [-0.15, -0.1) is 0 Å². The number of fused-ring (bicyclic) bond motifs is 3. The first kappa shape index (κ1) is 12.4. The highest BCUT2D eigenvalue weighted by Crippen LogP contribution is 2.70. The highest BCUT2D eigenvalue weighted by atomic mass is 14.7. The van der Waals surface area contributed by atoms with Crippen molar-refractivity contribution >= 4 is 10.8 Å². The predicted octanol–water partition coefficient (Wildman–Crippen LogP) is 5.58. The zero-order chi connectivity index (χ0) is 14.0. The molecule has 2 saturated carbocycles. The topological polar surface area (TPSA) is 0 Å². The Morgan fingerprint density at radius 1 is 0.950 bits per heavy atom. The van der Waals surface area contributed by atoms with Crippen molar-refractivity contribution in [2.24, 2.45) is 16.7 Å². The van der Waals surface area contributed by atoms with Crippen LogP contribution in [-0.4, -0.2) is 0 Å². The molecule has 3 atom stereocenters. The standard InChI is InChI=1S/C20H23/c1-19(2)15-11-12-20(19,3)18(13-15)17-10-6-8-14-7-4-5-9-16(14)17/h4-10,13,15,18H,11-12H2,1-3H3/t15?,18?,20-/m1/s1. The molecule has 0 aliphatic heterocycles. The molecule has 20 heavy (non-hydrogen) atoms. The quantitative estimate of drug-likeness (QED) is 0.629. The maximum Gasteiger partial charge on any atom is -0.00625 e. The lowest BCUT2D eigenvalue weighted by atomic mass is 9.64. The summed E-state index contributed by atoms with van der Waals surface area (Å²) in [5.41, 5.74) is 2.40. The third-order valence-corrected chi connectivity index (χ3v) is 6.64. The van der Waals surface area contributed by atoms with Gasteiger partial charge in [-0.3, -0.25) is 0 Å². The third-order valence-electron chi connectivity index (χ3n) is 6.64. The highest BCUT2D eigenvalue weighted by molar-refractivity contribution is 5.86. The number of benzene rings is 2. The van der Waals surface area contributed by atoms with Crippen LogP contribution < -0.4 is 0 Å². The van der Waals surface area contributed by atoms with Gasteiger partial charge in [0.15, 0.2) is 0 Å². The van der Waals surface area contributed by atoms with Gasteiger partial charge in [0.25, 0.3) is 0 Å². The van der Waals surface area contributed by atoms with Gasteiger partial charge in [-0.05, 0) is 58.3 Å². The third kappa shape index (κ3) is 1.38. The van der Waals surface area contributed by atoms with Gasteiger partial charge in [0.05, 0.1) is 0 Å². The average Bonchev–Trinajstić information content (AvgIpc) is 2.79. The fraction of sp³-hybridized carbons (Fsp3) is 0.450. The van der Waals surface area contributed by atoms with Crippen molar-refractivity contribution in [2.45, 2.75) is 39.5 Å². The lowest BCUT2D eigenvalue weighted by Gasteiger charge is -2.40. The van der Waals surface area contributed by atoms with Crippen LogP contribution >= 0.6 is 0 Å². The monoisotopic (exact) mass is 263 g/mol. The molecule has 103 valence electrons. The van der Waals surface area contributed by atoms with Crippen molar-refractivity contribution in [3.05, 3.63) is 54.4 Å². The minimum atomic E-state index is 0.418. The molecule has 0 spiro atoms. The van der Waals surface area contributed by atoms with Crippen LogP contribution in [0.1, 0.15) is 45.1 Å². The van der Waals surface area contributed by atoms with Gasteiger partial charge in [-0.1, -0.05) is 63.2 Å². The number of hydrogen-bond donors (Lipinski definition) is 0. The Bertz CT molecular complexity index is 661. The van der Waals surface area contributed by atoms with E-state index in [4.69, 9.17) is 0 Å². The maximum atomic E-state index is 2.66. The van der Waals surface area contributed by atoms with Crippen LogP contribution in [0, 0.1) is 23.2 Å². The van der Waals surface area contributed by atoms with Crippen molar-refractivity contribution in [1.29, 1.82) is 0 Å². The molecular formula is C20H23. The molecule has 0 N–H and O–H groups in total. The molecule has 4 rings (SSSR count). The van der Waals surface area contributed by atoms with Crippen LogP contribution in [0.3, 0.4) is 0 Å². The summed E-state index contributed by atoms with van der Waals surface area (Å²) < 4.78 is 0. The molecule has 2 aromatic carbocycles. The Kier molecular flexibility index (Phi) is 2.41. The second-order valence-corrected chi connectivity index (χ2v) is 7.52. The second-order valence-electron chi connectivity index (χ2n) is 7.52. The van der Waals surface area contributed by atoms with Gasteiger partial charge in [0.2, 0.25) is 0 Å². The second kappa shape index (κ2) is 3.87. The normalized spacial score (nSPS) is 34.8. The van der Waals surface area contributed by atoms with E-state index in [1.54, 1.807) is 5.56 Å². The smallest absolute Gasteiger partial charge is 0.00625 e. The lowest BCUT2D eigenvalue weighted by Crippen LogP contribution is -2.31. The van der Waals surface area contributed by atoms with Crippen molar-refractivity contribution in [2.75, 3.05) is 0 Å². The predicted molar refractivity (Wildman–Crippen MR) is 85.6 cm³/mol. The van der Waals surface area contributed by atoms with E-state index in [0.717, 1.165) is 5.92 Å². The van der Waals surface area contributed by atoms with Gasteiger partial charge >= 0.3 is 0 Å². The Balaban J connectivity index is 1.90. The fourth-order valence-corrected chi connectivity index (χ4v) is 4.87. The van der Waals surface area contributed by atoms with E-state index in [9.17, 15) is 0 Å². The first-order valence-electron chi connectivity index (χ1n) is 7.87. The first-order valence-corrected chi connectivity index (χ1v) is 7.87.